The molecule has 0 N–H and O–H groups in total. The summed E-state index contributed by atoms with van der Waals surface area (Å²) in [6, 6.07) is 0. The van der Waals surface area contributed by atoms with E-state index in [0.29, 0.717) is 0 Å². The van der Waals surface area contributed by atoms with Gasteiger partial charge in [0.2, 0.25) is 0 Å². The van der Waals surface area contributed by atoms with Gasteiger partial charge in [0.05, 0.1) is 6.20 Å². The Morgan fingerprint density at radius 3 is 2.38 bits per heavy atom. The maximum Gasteiger partial charge on any atom is 0.0531 e. The first-order chi connectivity index (χ1) is 5.89. The number of hydrogen-bond acceptors (Lipinski definition) is 1. The molecule has 1 aromatic rings. The Bertz CT molecular complexity index is 309. The molecule has 0 amide bonds. The van der Waals surface area contributed by atoms with E-state index in [2.05, 4.69) is 45.9 Å². The number of hydrogen-bond donors (Lipinski definition) is 0. The normalized spacial score (nSPS) is 11.5. The highest BCUT2D eigenvalue weighted by molar-refractivity contribution is 5.29. The van der Waals surface area contributed by atoms with Crippen molar-refractivity contribution >= 4 is 6.20 Å². The quantitative estimate of drug-likeness (QED) is 0.646. The van der Waals surface area contributed by atoms with E-state index in [1.807, 2.05) is 17.1 Å². The molecule has 0 aliphatic heterocycles. The van der Waals surface area contributed by atoms with Crippen LogP contribution >= 0.6 is 0 Å². The Hall–Kier alpha value is -1.05. The summed E-state index contributed by atoms with van der Waals surface area (Å²) in [6.45, 7) is 10.7. The van der Waals surface area contributed by atoms with E-state index in [0.717, 1.165) is 0 Å². The largest absolute Gasteiger partial charge is 0.248 e. The molecule has 0 spiro atoms. The van der Waals surface area contributed by atoms with Crippen molar-refractivity contribution in [2.75, 3.05) is 0 Å². The number of rotatable bonds is 1. The highest BCUT2D eigenvalue weighted by atomic mass is 15.2. The lowest BCUT2D eigenvalue weighted by Gasteiger charge is -2.14. The Morgan fingerprint density at radius 2 is 2.00 bits per heavy atom. The first-order valence-electron chi connectivity index (χ1n) is 4.59. The summed E-state index contributed by atoms with van der Waals surface area (Å²) in [5.74, 6) is 0. The third kappa shape index (κ3) is 2.72. The minimum Gasteiger partial charge on any atom is -0.248 e. The number of allylic oxidation sites excluding steroid dienone is 1. The van der Waals surface area contributed by atoms with Crippen LogP contribution in [0.5, 0.6) is 0 Å². The number of aromatic nitrogens is 2. The molecular formula is C11H18N2. The lowest BCUT2D eigenvalue weighted by atomic mass is 9.90. The van der Waals surface area contributed by atoms with E-state index >= 15 is 0 Å². The van der Waals surface area contributed by atoms with E-state index in [-0.39, 0.29) is 5.41 Å². The van der Waals surface area contributed by atoms with Crippen LogP contribution in [0.15, 0.2) is 18.0 Å². The fourth-order valence-corrected chi connectivity index (χ4v) is 1.06. The predicted octanol–water partition coefficient (Wildman–Crippen LogP) is 3.06. The second kappa shape index (κ2) is 3.36. The minimum atomic E-state index is 0.188. The van der Waals surface area contributed by atoms with E-state index < -0.39 is 0 Å². The van der Waals surface area contributed by atoms with Crippen LogP contribution in [0.1, 0.15) is 40.2 Å². The Balaban J connectivity index is 2.94. The molecule has 0 atom stereocenters. The topological polar surface area (TPSA) is 17.8 Å². The van der Waals surface area contributed by atoms with Crippen LogP contribution in [0.4, 0.5) is 0 Å². The summed E-state index contributed by atoms with van der Waals surface area (Å²) in [5, 5.41) is 4.26. The zero-order valence-corrected chi connectivity index (χ0v) is 9.13. The molecule has 0 fully saturated rings. The van der Waals surface area contributed by atoms with Gasteiger partial charge in [-0.15, -0.1) is 0 Å². The van der Waals surface area contributed by atoms with Crippen LogP contribution in [0.2, 0.25) is 0 Å². The van der Waals surface area contributed by atoms with Crippen LogP contribution in [0.3, 0.4) is 0 Å². The van der Waals surface area contributed by atoms with Crippen molar-refractivity contribution in [3.8, 4) is 0 Å². The molecule has 0 unspecified atom stereocenters. The molecule has 0 aliphatic rings. The average molecular weight is 178 g/mol. The Labute approximate surface area is 80.3 Å². The second-order valence-electron chi connectivity index (χ2n) is 4.67. The molecular weight excluding hydrogens is 160 g/mol. The maximum absolute atomic E-state index is 4.26. The van der Waals surface area contributed by atoms with Crippen molar-refractivity contribution < 1.29 is 0 Å². The van der Waals surface area contributed by atoms with E-state index in [9.17, 15) is 0 Å². The summed E-state index contributed by atoms with van der Waals surface area (Å²) in [4.78, 5) is 0. The van der Waals surface area contributed by atoms with Gasteiger partial charge in [0.25, 0.3) is 0 Å². The van der Waals surface area contributed by atoms with Gasteiger partial charge in [-0.2, -0.15) is 5.10 Å². The van der Waals surface area contributed by atoms with Crippen LogP contribution < -0.4 is 0 Å². The Kier molecular flexibility index (Phi) is 2.60. The SMILES string of the molecule is CC(C)=Cn1cc(C(C)(C)C)cn1. The molecule has 13 heavy (non-hydrogen) atoms. The van der Waals surface area contributed by atoms with E-state index in [1.54, 1.807) is 0 Å². The molecule has 0 aromatic carbocycles. The lowest BCUT2D eigenvalue weighted by Crippen LogP contribution is -2.09. The molecule has 0 radical (unpaired) electrons. The van der Waals surface area contributed by atoms with Crippen molar-refractivity contribution in [1.82, 2.24) is 9.78 Å². The van der Waals surface area contributed by atoms with Crippen LogP contribution in [-0.2, 0) is 5.41 Å². The van der Waals surface area contributed by atoms with Gasteiger partial charge in [-0.1, -0.05) is 26.3 Å². The molecule has 2 nitrogen and oxygen atoms in total. The van der Waals surface area contributed by atoms with Crippen LogP contribution in [0.25, 0.3) is 6.20 Å². The average Bonchev–Trinajstić information content (AvgIpc) is 2.32. The van der Waals surface area contributed by atoms with Crippen LogP contribution in [0, 0.1) is 0 Å². The second-order valence-corrected chi connectivity index (χ2v) is 4.67. The molecule has 0 bridgehead atoms. The van der Waals surface area contributed by atoms with Crippen molar-refractivity contribution in [1.29, 1.82) is 0 Å². The molecule has 0 saturated carbocycles. The molecule has 72 valence electrons. The summed E-state index contributed by atoms with van der Waals surface area (Å²) in [5.41, 5.74) is 2.71. The summed E-state index contributed by atoms with van der Waals surface area (Å²) in [6.07, 6.45) is 6.03. The molecule has 0 aliphatic carbocycles. The standard InChI is InChI=1S/C11H18N2/c1-9(2)7-13-8-10(6-12-13)11(3,4)5/h6-8H,1-5H3. The lowest BCUT2D eigenvalue weighted by molar-refractivity contribution is 0.590. The van der Waals surface area contributed by atoms with Crippen molar-refractivity contribution in [2.24, 2.45) is 0 Å². The zero-order chi connectivity index (χ0) is 10.1. The van der Waals surface area contributed by atoms with Gasteiger partial charge < -0.3 is 0 Å². The maximum atomic E-state index is 4.26. The third-order valence-electron chi connectivity index (χ3n) is 1.86. The van der Waals surface area contributed by atoms with Crippen molar-refractivity contribution in [2.45, 2.75) is 40.0 Å². The fourth-order valence-electron chi connectivity index (χ4n) is 1.06. The van der Waals surface area contributed by atoms with Crippen molar-refractivity contribution in [3.05, 3.63) is 23.5 Å². The van der Waals surface area contributed by atoms with Gasteiger partial charge in [-0.3, -0.25) is 0 Å². The predicted molar refractivity (Wildman–Crippen MR) is 56.5 cm³/mol. The molecule has 1 rings (SSSR count). The fraction of sp³-hybridized carbons (Fsp3) is 0.545. The monoisotopic (exact) mass is 178 g/mol. The summed E-state index contributed by atoms with van der Waals surface area (Å²) < 4.78 is 1.87. The zero-order valence-electron chi connectivity index (χ0n) is 9.13. The molecule has 0 saturated heterocycles. The third-order valence-corrected chi connectivity index (χ3v) is 1.86. The van der Waals surface area contributed by atoms with E-state index in [4.69, 9.17) is 0 Å². The van der Waals surface area contributed by atoms with Crippen molar-refractivity contribution in [3.63, 3.8) is 0 Å². The highest BCUT2D eigenvalue weighted by Crippen LogP contribution is 2.21. The Morgan fingerprint density at radius 1 is 1.38 bits per heavy atom. The van der Waals surface area contributed by atoms with Gasteiger partial charge in [0, 0.05) is 12.4 Å². The van der Waals surface area contributed by atoms with Gasteiger partial charge in [0.1, 0.15) is 0 Å². The molecule has 2 heteroatoms. The first kappa shape index (κ1) is 10.0. The van der Waals surface area contributed by atoms with Gasteiger partial charge in [-0.25, -0.2) is 4.68 Å². The summed E-state index contributed by atoms with van der Waals surface area (Å²) >= 11 is 0. The first-order valence-corrected chi connectivity index (χ1v) is 4.59. The molecule has 1 aromatic heterocycles. The van der Waals surface area contributed by atoms with Gasteiger partial charge in [-0.05, 0) is 24.8 Å². The minimum absolute atomic E-state index is 0.188. The van der Waals surface area contributed by atoms with Gasteiger partial charge in [0.15, 0.2) is 0 Å². The molecule has 1 heterocycles. The number of nitrogens with zero attached hydrogens (tertiary/aromatic N) is 2. The summed E-state index contributed by atoms with van der Waals surface area (Å²) in [7, 11) is 0. The van der Waals surface area contributed by atoms with Crippen LogP contribution in [-0.4, -0.2) is 9.78 Å². The highest BCUT2D eigenvalue weighted by Gasteiger charge is 2.14. The van der Waals surface area contributed by atoms with Gasteiger partial charge >= 0.3 is 0 Å². The van der Waals surface area contributed by atoms with E-state index in [1.165, 1.54) is 11.1 Å². The smallest absolute Gasteiger partial charge is 0.0531 e.